The van der Waals surface area contributed by atoms with E-state index in [1.54, 1.807) is 0 Å². The topological polar surface area (TPSA) is 40.5 Å². The Bertz CT molecular complexity index is 615. The predicted molar refractivity (Wildman–Crippen MR) is 83.6 cm³/mol. The Morgan fingerprint density at radius 1 is 0.591 bits per heavy atom. The van der Waals surface area contributed by atoms with Crippen molar-refractivity contribution in [1.29, 1.82) is 0 Å². The summed E-state index contributed by atoms with van der Waals surface area (Å²) in [6, 6.07) is 0. The van der Waals surface area contributed by atoms with Crippen molar-refractivity contribution in [1.82, 2.24) is 0 Å². The average Bonchev–Trinajstić information content (AvgIpc) is 3.24. The van der Waals surface area contributed by atoms with Gasteiger partial charge in [0.1, 0.15) is 11.2 Å². The molecule has 0 aromatic heterocycles. The van der Waals surface area contributed by atoms with Crippen LogP contribution in [0.4, 0.5) is 0 Å². The zero-order valence-corrected chi connectivity index (χ0v) is 12.5. The molecule has 0 amide bonds. The third-order valence-corrected chi connectivity index (χ3v) is 7.90. The van der Waals surface area contributed by atoms with Crippen molar-refractivity contribution in [2.45, 2.75) is 24.0 Å². The van der Waals surface area contributed by atoms with Crippen molar-refractivity contribution in [2.24, 2.45) is 47.3 Å². The SMILES string of the molecule is O[C@]1([C@]2(O)C[C@@H]3C=C[C@H]4C=C[C@H]2[C@@H]43)C[C@@H]2C=C[C@@H]3C=C[C@H]1[C@@H]32. The summed E-state index contributed by atoms with van der Waals surface area (Å²) in [5, 5.41) is 23.4. The number of hydrogen-bond acceptors (Lipinski definition) is 2. The molecule has 0 unspecified atom stereocenters. The van der Waals surface area contributed by atoms with Gasteiger partial charge < -0.3 is 10.2 Å². The Morgan fingerprint density at radius 3 is 1.45 bits per heavy atom. The molecule has 2 fully saturated rings. The summed E-state index contributed by atoms with van der Waals surface area (Å²) in [4.78, 5) is 0. The Hall–Kier alpha value is -1.12. The summed E-state index contributed by atoms with van der Waals surface area (Å²) in [6.45, 7) is 0. The van der Waals surface area contributed by atoms with Crippen LogP contribution < -0.4 is 0 Å². The molecule has 114 valence electrons. The fourth-order valence-corrected chi connectivity index (χ4v) is 7.06. The van der Waals surface area contributed by atoms with Crippen molar-refractivity contribution in [3.8, 4) is 0 Å². The standard InChI is InChI=1S/C20H22O2/c21-19(9-13-3-1-11-5-7-15(19)17(11)13)20(22)10-14-4-2-12-6-8-16(20)18(12)14/h1-8,11-18,21-22H,9-10H2/t11-,12+,13-,14-,15-,16-,17-,18-,19-,20+/m0/s1. The molecule has 0 radical (unpaired) electrons. The van der Waals surface area contributed by atoms with Gasteiger partial charge in [0.05, 0.1) is 0 Å². The highest BCUT2D eigenvalue weighted by molar-refractivity contribution is 5.37. The van der Waals surface area contributed by atoms with E-state index >= 15 is 0 Å². The van der Waals surface area contributed by atoms with Crippen molar-refractivity contribution in [3.63, 3.8) is 0 Å². The van der Waals surface area contributed by atoms with Crippen LogP contribution in [0.2, 0.25) is 0 Å². The maximum absolute atomic E-state index is 11.7. The molecule has 0 aromatic rings. The van der Waals surface area contributed by atoms with Gasteiger partial charge in [-0.25, -0.2) is 0 Å². The van der Waals surface area contributed by atoms with Gasteiger partial charge in [-0.15, -0.1) is 0 Å². The Kier molecular flexibility index (Phi) is 1.97. The lowest BCUT2D eigenvalue weighted by Crippen LogP contribution is -2.59. The molecule has 0 saturated heterocycles. The van der Waals surface area contributed by atoms with Gasteiger partial charge in [0.15, 0.2) is 0 Å². The van der Waals surface area contributed by atoms with Gasteiger partial charge in [0.25, 0.3) is 0 Å². The summed E-state index contributed by atoms with van der Waals surface area (Å²) >= 11 is 0. The van der Waals surface area contributed by atoms with Crippen molar-refractivity contribution < 1.29 is 10.2 Å². The molecule has 0 bridgehead atoms. The third kappa shape index (κ3) is 1.11. The van der Waals surface area contributed by atoms with Crippen LogP contribution >= 0.6 is 0 Å². The molecule has 22 heavy (non-hydrogen) atoms. The van der Waals surface area contributed by atoms with Crippen LogP contribution in [0.25, 0.3) is 0 Å². The molecule has 0 aromatic carbocycles. The largest absolute Gasteiger partial charge is 0.386 e. The van der Waals surface area contributed by atoms with Gasteiger partial charge in [-0.1, -0.05) is 48.6 Å². The molecule has 2 N–H and O–H groups in total. The quantitative estimate of drug-likeness (QED) is 0.729. The zero-order chi connectivity index (χ0) is 14.7. The highest BCUT2D eigenvalue weighted by Crippen LogP contribution is 2.66. The summed E-state index contributed by atoms with van der Waals surface area (Å²) in [5.74, 6) is 3.08. The smallest absolute Gasteiger partial charge is 0.101 e. The molecular weight excluding hydrogens is 272 g/mol. The molecule has 0 spiro atoms. The van der Waals surface area contributed by atoms with Crippen LogP contribution in [0, 0.1) is 47.3 Å². The van der Waals surface area contributed by atoms with E-state index in [-0.39, 0.29) is 11.8 Å². The van der Waals surface area contributed by atoms with Gasteiger partial charge in [0.2, 0.25) is 0 Å². The number of aliphatic hydroxyl groups is 2. The van der Waals surface area contributed by atoms with E-state index in [0.717, 1.165) is 12.8 Å². The second kappa shape index (κ2) is 3.52. The average molecular weight is 294 g/mol. The van der Waals surface area contributed by atoms with Gasteiger partial charge >= 0.3 is 0 Å². The maximum Gasteiger partial charge on any atom is 0.101 e. The van der Waals surface area contributed by atoms with Crippen LogP contribution in [-0.2, 0) is 0 Å². The zero-order valence-electron chi connectivity index (χ0n) is 12.5. The summed E-state index contributed by atoms with van der Waals surface area (Å²) < 4.78 is 0. The molecule has 10 atom stereocenters. The molecule has 6 aliphatic rings. The van der Waals surface area contributed by atoms with Crippen LogP contribution in [0.15, 0.2) is 48.6 Å². The molecule has 2 nitrogen and oxygen atoms in total. The normalized spacial score (nSPS) is 65.0. The van der Waals surface area contributed by atoms with Crippen LogP contribution in [0.1, 0.15) is 12.8 Å². The highest BCUT2D eigenvalue weighted by Gasteiger charge is 2.70. The second-order valence-electron chi connectivity index (χ2n) is 8.49. The lowest BCUT2D eigenvalue weighted by Gasteiger charge is -2.45. The lowest BCUT2D eigenvalue weighted by atomic mass is 9.68. The second-order valence-corrected chi connectivity index (χ2v) is 8.49. The fraction of sp³-hybridized carbons (Fsp3) is 0.600. The van der Waals surface area contributed by atoms with Crippen LogP contribution in [-0.4, -0.2) is 21.4 Å². The summed E-state index contributed by atoms with van der Waals surface area (Å²) in [7, 11) is 0. The molecule has 0 heterocycles. The number of hydrogen-bond donors (Lipinski definition) is 2. The first-order chi connectivity index (χ1) is 10.6. The lowest BCUT2D eigenvalue weighted by molar-refractivity contribution is -0.180. The van der Waals surface area contributed by atoms with Crippen LogP contribution in [0.5, 0.6) is 0 Å². The van der Waals surface area contributed by atoms with Crippen molar-refractivity contribution in [3.05, 3.63) is 48.6 Å². The maximum atomic E-state index is 11.7. The minimum absolute atomic E-state index is 0.123. The van der Waals surface area contributed by atoms with E-state index in [4.69, 9.17) is 0 Å². The number of rotatable bonds is 1. The molecule has 6 aliphatic carbocycles. The molecular formula is C20H22O2. The predicted octanol–water partition coefficient (Wildman–Crippen LogP) is 2.46. The van der Waals surface area contributed by atoms with E-state index in [1.165, 1.54) is 0 Å². The minimum atomic E-state index is -0.958. The summed E-state index contributed by atoms with van der Waals surface area (Å²) in [5.41, 5.74) is -1.92. The minimum Gasteiger partial charge on any atom is -0.386 e. The Morgan fingerprint density at radius 2 is 1.00 bits per heavy atom. The molecule has 6 rings (SSSR count). The van der Waals surface area contributed by atoms with E-state index in [2.05, 4.69) is 48.6 Å². The first-order valence-corrected chi connectivity index (χ1v) is 8.80. The Balaban J connectivity index is 1.47. The van der Waals surface area contributed by atoms with Gasteiger partial charge in [-0.05, 0) is 48.3 Å². The van der Waals surface area contributed by atoms with E-state index in [0.29, 0.717) is 35.5 Å². The van der Waals surface area contributed by atoms with E-state index in [1.807, 2.05) is 0 Å². The van der Waals surface area contributed by atoms with E-state index in [9.17, 15) is 10.2 Å². The number of allylic oxidation sites excluding steroid dienone is 6. The highest BCUT2D eigenvalue weighted by atomic mass is 16.4. The van der Waals surface area contributed by atoms with Gasteiger partial charge in [-0.3, -0.25) is 0 Å². The molecule has 0 aliphatic heterocycles. The van der Waals surface area contributed by atoms with E-state index < -0.39 is 11.2 Å². The molecule has 2 saturated carbocycles. The first kappa shape index (κ1) is 12.3. The van der Waals surface area contributed by atoms with Crippen molar-refractivity contribution in [2.75, 3.05) is 0 Å². The fourth-order valence-electron chi connectivity index (χ4n) is 7.06. The molecule has 2 heteroatoms. The summed E-state index contributed by atoms with van der Waals surface area (Å²) in [6.07, 6.45) is 19.5. The Labute approximate surface area is 130 Å². The third-order valence-electron chi connectivity index (χ3n) is 7.90. The monoisotopic (exact) mass is 294 g/mol. The van der Waals surface area contributed by atoms with Crippen LogP contribution in [0.3, 0.4) is 0 Å². The van der Waals surface area contributed by atoms with Crippen molar-refractivity contribution >= 4 is 0 Å². The van der Waals surface area contributed by atoms with Gasteiger partial charge in [-0.2, -0.15) is 0 Å². The van der Waals surface area contributed by atoms with Gasteiger partial charge in [0, 0.05) is 11.8 Å². The first-order valence-electron chi connectivity index (χ1n) is 8.80.